The van der Waals surface area contributed by atoms with E-state index >= 15 is 0 Å². The summed E-state index contributed by atoms with van der Waals surface area (Å²) in [6, 6.07) is 5.39. The lowest BCUT2D eigenvalue weighted by atomic mass is 9.77. The van der Waals surface area contributed by atoms with Crippen LogP contribution in [0.25, 0.3) is 0 Å². The number of furan rings is 1. The molecule has 2 N–H and O–H groups in total. The summed E-state index contributed by atoms with van der Waals surface area (Å²) in [7, 11) is 0. The Morgan fingerprint density at radius 1 is 1.53 bits per heavy atom. The normalized spacial score (nSPS) is 18.1. The Hall–Kier alpha value is -1.31. The van der Waals surface area contributed by atoms with Gasteiger partial charge < -0.3 is 14.8 Å². The average Bonchev–Trinajstić information content (AvgIpc) is 2.65. The average molecular weight is 206 g/mol. The van der Waals surface area contributed by atoms with Crippen LogP contribution in [0.2, 0.25) is 0 Å². The maximum Gasteiger partial charge on any atom is 0.203 e. The molecular formula is C11H14N2O2. The van der Waals surface area contributed by atoms with Gasteiger partial charge in [0.2, 0.25) is 5.76 Å². The Bertz CT molecular complexity index is 369. The second kappa shape index (κ2) is 4.05. The minimum atomic E-state index is -0.112. The first-order valence-corrected chi connectivity index (χ1v) is 5.13. The van der Waals surface area contributed by atoms with E-state index < -0.39 is 0 Å². The van der Waals surface area contributed by atoms with Gasteiger partial charge in [0.25, 0.3) is 0 Å². The Morgan fingerprint density at radius 2 is 2.33 bits per heavy atom. The summed E-state index contributed by atoms with van der Waals surface area (Å²) in [4.78, 5) is 0. The van der Waals surface area contributed by atoms with E-state index in [0.29, 0.717) is 12.3 Å². The zero-order valence-corrected chi connectivity index (χ0v) is 8.49. The molecule has 0 amide bonds. The molecule has 1 aromatic rings. The SMILES string of the molecule is N#Cc1ccc(CNC2(CO)CCC2)o1. The summed E-state index contributed by atoms with van der Waals surface area (Å²) in [5.41, 5.74) is -0.112. The molecule has 1 fully saturated rings. The molecule has 1 saturated carbocycles. The first-order chi connectivity index (χ1) is 7.28. The number of nitriles is 1. The van der Waals surface area contributed by atoms with Crippen LogP contribution < -0.4 is 5.32 Å². The lowest BCUT2D eigenvalue weighted by Gasteiger charge is -2.41. The quantitative estimate of drug-likeness (QED) is 0.775. The van der Waals surface area contributed by atoms with Gasteiger partial charge in [-0.05, 0) is 31.4 Å². The molecule has 0 spiro atoms. The van der Waals surface area contributed by atoms with Crippen molar-refractivity contribution in [3.63, 3.8) is 0 Å². The number of nitrogens with zero attached hydrogens (tertiary/aromatic N) is 1. The van der Waals surface area contributed by atoms with Crippen molar-refractivity contribution in [1.82, 2.24) is 5.32 Å². The highest BCUT2D eigenvalue weighted by Crippen LogP contribution is 2.31. The van der Waals surface area contributed by atoms with Gasteiger partial charge in [-0.25, -0.2) is 0 Å². The monoisotopic (exact) mass is 206 g/mol. The second-order valence-corrected chi connectivity index (χ2v) is 4.02. The molecule has 0 radical (unpaired) electrons. The first-order valence-electron chi connectivity index (χ1n) is 5.13. The maximum absolute atomic E-state index is 9.22. The highest BCUT2D eigenvalue weighted by Gasteiger charge is 2.35. The van der Waals surface area contributed by atoms with Gasteiger partial charge in [0, 0.05) is 5.54 Å². The summed E-state index contributed by atoms with van der Waals surface area (Å²) in [6.07, 6.45) is 3.18. The van der Waals surface area contributed by atoms with E-state index in [2.05, 4.69) is 5.32 Å². The number of hydrogen-bond donors (Lipinski definition) is 2. The molecular weight excluding hydrogens is 192 g/mol. The summed E-state index contributed by atoms with van der Waals surface area (Å²) in [5.74, 6) is 1.07. The van der Waals surface area contributed by atoms with E-state index in [0.717, 1.165) is 25.0 Å². The van der Waals surface area contributed by atoms with Gasteiger partial charge in [0.15, 0.2) is 0 Å². The van der Waals surface area contributed by atoms with Crippen LogP contribution in [0, 0.1) is 11.3 Å². The smallest absolute Gasteiger partial charge is 0.203 e. The predicted octanol–water partition coefficient (Wildman–Crippen LogP) is 1.16. The van der Waals surface area contributed by atoms with Gasteiger partial charge in [0.05, 0.1) is 13.2 Å². The van der Waals surface area contributed by atoms with Crippen molar-refractivity contribution < 1.29 is 9.52 Å². The van der Waals surface area contributed by atoms with Gasteiger partial charge in [-0.1, -0.05) is 0 Å². The van der Waals surface area contributed by atoms with Crippen molar-refractivity contribution in [2.75, 3.05) is 6.61 Å². The zero-order chi connectivity index (χ0) is 10.7. The molecule has 1 aliphatic carbocycles. The molecule has 1 aromatic heterocycles. The number of aliphatic hydroxyl groups excluding tert-OH is 1. The minimum Gasteiger partial charge on any atom is -0.449 e. The van der Waals surface area contributed by atoms with Crippen LogP contribution in [0.3, 0.4) is 0 Å². The van der Waals surface area contributed by atoms with Crippen LogP contribution in [0.15, 0.2) is 16.5 Å². The minimum absolute atomic E-state index is 0.112. The Balaban J connectivity index is 1.90. The molecule has 0 bridgehead atoms. The standard InChI is InChI=1S/C11H14N2O2/c12-6-9-2-3-10(15-9)7-13-11(8-14)4-1-5-11/h2-3,13-14H,1,4-5,7-8H2. The molecule has 0 atom stereocenters. The van der Waals surface area contributed by atoms with E-state index in [1.807, 2.05) is 6.07 Å². The fourth-order valence-electron chi connectivity index (χ4n) is 1.80. The van der Waals surface area contributed by atoms with Crippen molar-refractivity contribution in [3.05, 3.63) is 23.7 Å². The zero-order valence-electron chi connectivity index (χ0n) is 8.49. The number of rotatable bonds is 4. The van der Waals surface area contributed by atoms with Crippen LogP contribution in [0.5, 0.6) is 0 Å². The molecule has 0 unspecified atom stereocenters. The van der Waals surface area contributed by atoms with Crippen LogP contribution >= 0.6 is 0 Å². The lowest BCUT2D eigenvalue weighted by molar-refractivity contribution is 0.0852. The molecule has 0 aromatic carbocycles. The van der Waals surface area contributed by atoms with Crippen LogP contribution in [-0.4, -0.2) is 17.3 Å². The summed E-state index contributed by atoms with van der Waals surface area (Å²) in [6.45, 7) is 0.737. The summed E-state index contributed by atoms with van der Waals surface area (Å²) < 4.78 is 5.24. The number of nitrogens with one attached hydrogen (secondary N) is 1. The van der Waals surface area contributed by atoms with Crippen LogP contribution in [0.4, 0.5) is 0 Å². The Kier molecular flexibility index (Phi) is 2.76. The van der Waals surface area contributed by atoms with E-state index in [-0.39, 0.29) is 12.1 Å². The summed E-state index contributed by atoms with van der Waals surface area (Å²) in [5, 5.41) is 21.1. The van der Waals surface area contributed by atoms with E-state index in [1.165, 1.54) is 0 Å². The highest BCUT2D eigenvalue weighted by atomic mass is 16.3. The molecule has 4 heteroatoms. The third-order valence-corrected chi connectivity index (χ3v) is 3.02. The predicted molar refractivity (Wildman–Crippen MR) is 53.9 cm³/mol. The van der Waals surface area contributed by atoms with Crippen molar-refractivity contribution in [3.8, 4) is 6.07 Å². The Labute approximate surface area is 88.5 Å². The number of aliphatic hydroxyl groups is 1. The Morgan fingerprint density at radius 3 is 2.80 bits per heavy atom. The van der Waals surface area contributed by atoms with Crippen LogP contribution in [-0.2, 0) is 6.54 Å². The van der Waals surface area contributed by atoms with Gasteiger partial charge in [-0.2, -0.15) is 5.26 Å². The fraction of sp³-hybridized carbons (Fsp3) is 0.545. The van der Waals surface area contributed by atoms with E-state index in [1.54, 1.807) is 12.1 Å². The molecule has 4 nitrogen and oxygen atoms in total. The molecule has 0 saturated heterocycles. The van der Waals surface area contributed by atoms with Crippen LogP contribution in [0.1, 0.15) is 30.8 Å². The number of hydrogen-bond acceptors (Lipinski definition) is 4. The van der Waals surface area contributed by atoms with Gasteiger partial charge >= 0.3 is 0 Å². The van der Waals surface area contributed by atoms with Gasteiger partial charge in [-0.3, -0.25) is 0 Å². The van der Waals surface area contributed by atoms with E-state index in [9.17, 15) is 5.11 Å². The first kappa shape index (κ1) is 10.2. The van der Waals surface area contributed by atoms with Crippen molar-refractivity contribution >= 4 is 0 Å². The molecule has 0 aliphatic heterocycles. The largest absolute Gasteiger partial charge is 0.449 e. The molecule has 1 aliphatic rings. The topological polar surface area (TPSA) is 69.2 Å². The van der Waals surface area contributed by atoms with E-state index in [4.69, 9.17) is 9.68 Å². The highest BCUT2D eigenvalue weighted by molar-refractivity contribution is 5.19. The second-order valence-electron chi connectivity index (χ2n) is 4.02. The van der Waals surface area contributed by atoms with Crippen molar-refractivity contribution in [2.24, 2.45) is 0 Å². The third kappa shape index (κ3) is 2.04. The van der Waals surface area contributed by atoms with Crippen molar-refractivity contribution in [1.29, 1.82) is 5.26 Å². The third-order valence-electron chi connectivity index (χ3n) is 3.02. The fourth-order valence-corrected chi connectivity index (χ4v) is 1.80. The maximum atomic E-state index is 9.22. The lowest BCUT2D eigenvalue weighted by Crippen LogP contribution is -2.53. The van der Waals surface area contributed by atoms with Gasteiger partial charge in [0.1, 0.15) is 11.8 Å². The van der Waals surface area contributed by atoms with Crippen molar-refractivity contribution in [2.45, 2.75) is 31.3 Å². The molecule has 2 rings (SSSR count). The van der Waals surface area contributed by atoms with Gasteiger partial charge in [-0.15, -0.1) is 0 Å². The molecule has 1 heterocycles. The summed E-state index contributed by atoms with van der Waals surface area (Å²) >= 11 is 0. The molecule has 80 valence electrons. The molecule has 15 heavy (non-hydrogen) atoms.